The third kappa shape index (κ3) is 3.55. The minimum absolute atomic E-state index is 0.0687. The van der Waals surface area contributed by atoms with Gasteiger partial charge in [0.25, 0.3) is 0 Å². The van der Waals surface area contributed by atoms with Gasteiger partial charge < -0.3 is 14.6 Å². The van der Waals surface area contributed by atoms with Crippen molar-refractivity contribution in [2.45, 2.75) is 19.4 Å². The summed E-state index contributed by atoms with van der Waals surface area (Å²) in [6.07, 6.45) is 0.947. The standard InChI is InChI=1S/C12H16O4/c1-3-10(15-2)8-16-11-6-4-9(5-7-11)12(13)14/h4-7,10H,3,8H2,1-2H3,(H,13,14)/t10-/m0/s1. The summed E-state index contributed by atoms with van der Waals surface area (Å²) in [4.78, 5) is 10.6. The van der Waals surface area contributed by atoms with Gasteiger partial charge in [-0.1, -0.05) is 6.92 Å². The van der Waals surface area contributed by atoms with Gasteiger partial charge in [0.1, 0.15) is 12.4 Å². The lowest BCUT2D eigenvalue weighted by Crippen LogP contribution is -2.19. The second-order valence-electron chi connectivity index (χ2n) is 3.41. The molecule has 0 bridgehead atoms. The molecule has 0 aromatic heterocycles. The number of carboxylic acids is 1. The fraction of sp³-hybridized carbons (Fsp3) is 0.417. The smallest absolute Gasteiger partial charge is 0.335 e. The molecule has 0 aliphatic carbocycles. The average molecular weight is 224 g/mol. The second kappa shape index (κ2) is 6.12. The molecule has 0 saturated heterocycles. The Morgan fingerprint density at radius 3 is 2.44 bits per heavy atom. The monoisotopic (exact) mass is 224 g/mol. The molecule has 88 valence electrons. The molecule has 1 rings (SSSR count). The number of methoxy groups -OCH3 is 1. The van der Waals surface area contributed by atoms with Crippen molar-refractivity contribution in [1.29, 1.82) is 0 Å². The van der Waals surface area contributed by atoms with Crippen LogP contribution in [0.5, 0.6) is 5.75 Å². The molecule has 1 aromatic carbocycles. The van der Waals surface area contributed by atoms with E-state index in [0.717, 1.165) is 6.42 Å². The molecule has 0 amide bonds. The molecule has 0 radical (unpaired) electrons. The van der Waals surface area contributed by atoms with Crippen molar-refractivity contribution in [3.8, 4) is 5.75 Å². The summed E-state index contributed by atoms with van der Waals surface area (Å²) < 4.78 is 10.6. The van der Waals surface area contributed by atoms with Crippen LogP contribution < -0.4 is 4.74 Å². The SMILES string of the molecule is CC[C@@H](COc1ccc(C(=O)O)cc1)OC. The maximum Gasteiger partial charge on any atom is 0.335 e. The number of benzene rings is 1. The fourth-order valence-electron chi connectivity index (χ4n) is 1.24. The van der Waals surface area contributed by atoms with Crippen LogP contribution in [0.2, 0.25) is 0 Å². The van der Waals surface area contributed by atoms with Gasteiger partial charge in [-0.25, -0.2) is 4.79 Å². The Kier molecular flexibility index (Phi) is 4.79. The normalized spacial score (nSPS) is 12.1. The summed E-state index contributed by atoms with van der Waals surface area (Å²) in [5, 5.41) is 8.71. The summed E-state index contributed by atoms with van der Waals surface area (Å²) in [5.74, 6) is -0.282. The highest BCUT2D eigenvalue weighted by Gasteiger charge is 2.06. The van der Waals surface area contributed by atoms with Crippen molar-refractivity contribution < 1.29 is 19.4 Å². The molecule has 1 atom stereocenters. The van der Waals surface area contributed by atoms with E-state index in [1.165, 1.54) is 12.1 Å². The molecule has 0 aliphatic rings. The Morgan fingerprint density at radius 2 is 2.00 bits per heavy atom. The first kappa shape index (κ1) is 12.5. The summed E-state index contributed by atoms with van der Waals surface area (Å²) in [5.41, 5.74) is 0.256. The highest BCUT2D eigenvalue weighted by molar-refractivity contribution is 5.87. The summed E-state index contributed by atoms with van der Waals surface area (Å²) in [7, 11) is 1.64. The van der Waals surface area contributed by atoms with Crippen molar-refractivity contribution in [3.05, 3.63) is 29.8 Å². The Bertz CT molecular complexity index is 327. The minimum atomic E-state index is -0.935. The molecule has 0 fully saturated rings. The molecule has 0 spiro atoms. The van der Waals surface area contributed by atoms with Crippen LogP contribution in [0.15, 0.2) is 24.3 Å². The topological polar surface area (TPSA) is 55.8 Å². The van der Waals surface area contributed by atoms with Crippen molar-refractivity contribution in [2.75, 3.05) is 13.7 Å². The van der Waals surface area contributed by atoms with Crippen molar-refractivity contribution in [1.82, 2.24) is 0 Å². The van der Waals surface area contributed by atoms with Crippen LogP contribution in [-0.2, 0) is 4.74 Å². The number of ether oxygens (including phenoxy) is 2. The Morgan fingerprint density at radius 1 is 1.38 bits per heavy atom. The molecule has 0 heterocycles. The van der Waals surface area contributed by atoms with E-state index in [1.54, 1.807) is 19.2 Å². The van der Waals surface area contributed by atoms with Gasteiger partial charge in [-0.2, -0.15) is 0 Å². The first-order valence-corrected chi connectivity index (χ1v) is 5.16. The number of aromatic carboxylic acids is 1. The van der Waals surface area contributed by atoms with Gasteiger partial charge in [-0.05, 0) is 30.7 Å². The lowest BCUT2D eigenvalue weighted by Gasteiger charge is -2.14. The van der Waals surface area contributed by atoms with Gasteiger partial charge in [0.05, 0.1) is 11.7 Å². The van der Waals surface area contributed by atoms with Crippen molar-refractivity contribution in [2.24, 2.45) is 0 Å². The maximum absolute atomic E-state index is 10.6. The van der Waals surface area contributed by atoms with Gasteiger partial charge in [-0.15, -0.1) is 0 Å². The first-order chi connectivity index (χ1) is 7.67. The van der Waals surface area contributed by atoms with E-state index in [-0.39, 0.29) is 11.7 Å². The van der Waals surface area contributed by atoms with Gasteiger partial charge in [-0.3, -0.25) is 0 Å². The molecule has 1 N–H and O–H groups in total. The summed E-state index contributed by atoms with van der Waals surface area (Å²) in [6.45, 7) is 2.49. The number of carboxylic acid groups (broad SMARTS) is 1. The van der Waals surface area contributed by atoms with Crippen LogP contribution in [0.1, 0.15) is 23.7 Å². The Labute approximate surface area is 94.8 Å². The van der Waals surface area contributed by atoms with Gasteiger partial charge >= 0.3 is 5.97 Å². The lowest BCUT2D eigenvalue weighted by molar-refractivity contribution is 0.0555. The predicted molar refractivity (Wildman–Crippen MR) is 60.0 cm³/mol. The molecule has 0 unspecified atom stereocenters. The van der Waals surface area contributed by atoms with Gasteiger partial charge in [0.2, 0.25) is 0 Å². The average Bonchev–Trinajstić information content (AvgIpc) is 2.31. The zero-order valence-corrected chi connectivity index (χ0v) is 9.47. The van der Waals surface area contributed by atoms with Crippen LogP contribution in [0.4, 0.5) is 0 Å². The highest BCUT2D eigenvalue weighted by Crippen LogP contribution is 2.13. The van der Waals surface area contributed by atoms with Gasteiger partial charge in [0, 0.05) is 7.11 Å². The largest absolute Gasteiger partial charge is 0.491 e. The molecule has 4 heteroatoms. The molecule has 1 aromatic rings. The first-order valence-electron chi connectivity index (χ1n) is 5.16. The number of rotatable bonds is 6. The van der Waals surface area contributed by atoms with E-state index in [9.17, 15) is 4.79 Å². The molecular weight excluding hydrogens is 208 g/mol. The summed E-state index contributed by atoms with van der Waals surface area (Å²) in [6, 6.07) is 6.33. The quantitative estimate of drug-likeness (QED) is 0.804. The van der Waals surface area contributed by atoms with Crippen LogP contribution in [0.3, 0.4) is 0 Å². The zero-order valence-electron chi connectivity index (χ0n) is 9.47. The molecular formula is C12H16O4. The van der Waals surface area contributed by atoms with Gasteiger partial charge in [0.15, 0.2) is 0 Å². The van der Waals surface area contributed by atoms with E-state index >= 15 is 0 Å². The maximum atomic E-state index is 10.6. The van der Waals surface area contributed by atoms with Crippen LogP contribution in [0.25, 0.3) is 0 Å². The third-order valence-corrected chi connectivity index (χ3v) is 2.33. The molecule has 4 nitrogen and oxygen atoms in total. The second-order valence-corrected chi connectivity index (χ2v) is 3.41. The van der Waals surface area contributed by atoms with E-state index in [2.05, 4.69) is 0 Å². The van der Waals surface area contributed by atoms with E-state index < -0.39 is 5.97 Å². The Hall–Kier alpha value is -1.55. The molecule has 0 aliphatic heterocycles. The molecule has 0 saturated carbocycles. The third-order valence-electron chi connectivity index (χ3n) is 2.33. The lowest BCUT2D eigenvalue weighted by atomic mass is 10.2. The zero-order chi connectivity index (χ0) is 12.0. The van der Waals surface area contributed by atoms with Crippen LogP contribution in [-0.4, -0.2) is 30.9 Å². The van der Waals surface area contributed by atoms with Crippen molar-refractivity contribution in [3.63, 3.8) is 0 Å². The van der Waals surface area contributed by atoms with Crippen molar-refractivity contribution >= 4 is 5.97 Å². The van der Waals surface area contributed by atoms with E-state index in [4.69, 9.17) is 14.6 Å². The number of hydrogen-bond acceptors (Lipinski definition) is 3. The number of carbonyl (C=O) groups is 1. The van der Waals surface area contributed by atoms with E-state index in [1.807, 2.05) is 6.92 Å². The predicted octanol–water partition coefficient (Wildman–Crippen LogP) is 2.19. The Balaban J connectivity index is 2.52. The van der Waals surface area contributed by atoms with Crippen LogP contribution >= 0.6 is 0 Å². The highest BCUT2D eigenvalue weighted by atomic mass is 16.5. The van der Waals surface area contributed by atoms with E-state index in [0.29, 0.717) is 12.4 Å². The minimum Gasteiger partial charge on any atom is -0.491 e. The van der Waals surface area contributed by atoms with Crippen LogP contribution in [0, 0.1) is 0 Å². The molecule has 16 heavy (non-hydrogen) atoms. The fourth-order valence-corrected chi connectivity index (χ4v) is 1.24. The number of hydrogen-bond donors (Lipinski definition) is 1. The summed E-state index contributed by atoms with van der Waals surface area (Å²) >= 11 is 0.